The molecular weight excluding hydrogens is 340 g/mol. The third-order valence-corrected chi connectivity index (χ3v) is 6.06. The fraction of sp³-hybridized carbons (Fsp3) is 0.611. The van der Waals surface area contributed by atoms with E-state index in [0.29, 0.717) is 12.2 Å². The van der Waals surface area contributed by atoms with Crippen molar-refractivity contribution in [2.24, 2.45) is 0 Å². The van der Waals surface area contributed by atoms with Crippen molar-refractivity contribution < 1.29 is 18.3 Å². The maximum atomic E-state index is 12.7. The Morgan fingerprint density at radius 3 is 2.56 bits per heavy atom. The topological polar surface area (TPSA) is 95.5 Å². The number of anilines is 1. The minimum atomic E-state index is -3.75. The Kier molecular flexibility index (Phi) is 7.25. The molecule has 0 atom stereocenters. The predicted octanol–water partition coefficient (Wildman–Crippen LogP) is 3.60. The molecule has 3 N–H and O–H groups in total. The van der Waals surface area contributed by atoms with Crippen LogP contribution < -0.4 is 10.0 Å². The van der Waals surface area contributed by atoms with E-state index in [9.17, 15) is 18.3 Å². The number of carboxylic acids is 1. The molecule has 0 bridgehead atoms. The zero-order valence-electron chi connectivity index (χ0n) is 14.8. The summed E-state index contributed by atoms with van der Waals surface area (Å²) >= 11 is 0. The molecule has 1 aliphatic carbocycles. The molecule has 140 valence electrons. The van der Waals surface area contributed by atoms with Crippen LogP contribution in [-0.2, 0) is 10.0 Å². The number of aromatic carboxylic acids is 1. The van der Waals surface area contributed by atoms with Gasteiger partial charge in [-0.25, -0.2) is 17.9 Å². The molecular formula is C18H28N2O4S. The Hall–Kier alpha value is -1.60. The molecule has 0 amide bonds. The van der Waals surface area contributed by atoms with Crippen molar-refractivity contribution in [1.29, 1.82) is 0 Å². The van der Waals surface area contributed by atoms with Crippen molar-refractivity contribution in [2.45, 2.75) is 69.2 Å². The van der Waals surface area contributed by atoms with Gasteiger partial charge in [0.1, 0.15) is 4.90 Å². The summed E-state index contributed by atoms with van der Waals surface area (Å²) in [4.78, 5) is 11.3. The Balaban J connectivity index is 2.24. The van der Waals surface area contributed by atoms with Crippen molar-refractivity contribution >= 4 is 21.7 Å². The van der Waals surface area contributed by atoms with Gasteiger partial charge in [0.05, 0.1) is 11.3 Å². The summed E-state index contributed by atoms with van der Waals surface area (Å²) in [5.74, 6) is -1.13. The number of nitrogens with one attached hydrogen (secondary N) is 2. The highest BCUT2D eigenvalue weighted by Crippen LogP contribution is 2.27. The number of carbonyl (C=O) groups is 1. The zero-order chi connectivity index (χ0) is 18.3. The van der Waals surface area contributed by atoms with Gasteiger partial charge in [0.15, 0.2) is 0 Å². The van der Waals surface area contributed by atoms with E-state index in [1.165, 1.54) is 18.6 Å². The monoisotopic (exact) mass is 368 g/mol. The normalized spacial score (nSPS) is 15.9. The van der Waals surface area contributed by atoms with Crippen LogP contribution in [0.5, 0.6) is 0 Å². The second-order valence-corrected chi connectivity index (χ2v) is 8.34. The van der Waals surface area contributed by atoms with Gasteiger partial charge >= 0.3 is 5.97 Å². The lowest BCUT2D eigenvalue weighted by Gasteiger charge is -2.25. The number of benzene rings is 1. The van der Waals surface area contributed by atoms with Crippen molar-refractivity contribution in [2.75, 3.05) is 11.9 Å². The first-order chi connectivity index (χ1) is 11.9. The van der Waals surface area contributed by atoms with Gasteiger partial charge in [0.2, 0.25) is 10.0 Å². The van der Waals surface area contributed by atoms with Crippen LogP contribution in [0.1, 0.15) is 68.6 Å². The lowest BCUT2D eigenvalue weighted by atomic mass is 9.95. The number of unbranched alkanes of at least 4 members (excludes halogenated alkanes) is 2. The summed E-state index contributed by atoms with van der Waals surface area (Å²) in [6.07, 6.45) is 8.19. The van der Waals surface area contributed by atoms with Gasteiger partial charge < -0.3 is 10.4 Å². The highest BCUT2D eigenvalue weighted by atomic mass is 32.2. The molecule has 1 fully saturated rings. The molecule has 0 heterocycles. The Bertz CT molecular complexity index is 682. The van der Waals surface area contributed by atoms with Gasteiger partial charge in [-0.15, -0.1) is 0 Å². The second kappa shape index (κ2) is 9.20. The van der Waals surface area contributed by atoms with E-state index in [1.54, 1.807) is 6.07 Å². The molecule has 0 radical (unpaired) electrons. The highest BCUT2D eigenvalue weighted by Gasteiger charge is 2.23. The molecule has 0 saturated heterocycles. The Labute approximate surface area is 150 Å². The van der Waals surface area contributed by atoms with E-state index < -0.39 is 16.0 Å². The maximum Gasteiger partial charge on any atom is 0.335 e. The summed E-state index contributed by atoms with van der Waals surface area (Å²) in [6, 6.07) is 4.50. The first kappa shape index (κ1) is 19.7. The molecule has 0 aromatic heterocycles. The first-order valence-corrected chi connectivity index (χ1v) is 10.6. The highest BCUT2D eigenvalue weighted by molar-refractivity contribution is 7.89. The Morgan fingerprint density at radius 2 is 1.92 bits per heavy atom. The smallest absolute Gasteiger partial charge is 0.335 e. The summed E-state index contributed by atoms with van der Waals surface area (Å²) in [5, 5.41) is 12.5. The quantitative estimate of drug-likeness (QED) is 0.579. The van der Waals surface area contributed by atoms with Gasteiger partial charge in [0, 0.05) is 12.6 Å². The first-order valence-electron chi connectivity index (χ1n) is 9.07. The van der Waals surface area contributed by atoms with Crippen molar-refractivity contribution in [1.82, 2.24) is 4.72 Å². The second-order valence-electron chi connectivity index (χ2n) is 6.60. The number of hydrogen-bond acceptors (Lipinski definition) is 4. The fourth-order valence-electron chi connectivity index (χ4n) is 3.12. The molecule has 1 aromatic carbocycles. The van der Waals surface area contributed by atoms with Gasteiger partial charge in [-0.05, 0) is 37.5 Å². The average Bonchev–Trinajstić information content (AvgIpc) is 2.59. The van der Waals surface area contributed by atoms with E-state index in [4.69, 9.17) is 0 Å². The number of sulfonamides is 1. The number of carboxylic acid groups (broad SMARTS) is 1. The molecule has 1 aliphatic rings. The third kappa shape index (κ3) is 5.71. The molecule has 0 aliphatic heterocycles. The fourth-order valence-corrected chi connectivity index (χ4v) is 4.39. The number of hydrogen-bond donors (Lipinski definition) is 3. The van der Waals surface area contributed by atoms with E-state index in [1.807, 2.05) is 0 Å². The molecule has 1 aromatic rings. The zero-order valence-corrected chi connectivity index (χ0v) is 15.6. The van der Waals surface area contributed by atoms with Gasteiger partial charge in [0.25, 0.3) is 0 Å². The summed E-state index contributed by atoms with van der Waals surface area (Å²) < 4.78 is 28.0. The maximum absolute atomic E-state index is 12.7. The molecule has 6 nitrogen and oxygen atoms in total. The summed E-state index contributed by atoms with van der Waals surface area (Å²) in [6.45, 7) is 2.41. The molecule has 0 spiro atoms. The molecule has 1 saturated carbocycles. The van der Waals surface area contributed by atoms with Crippen LogP contribution >= 0.6 is 0 Å². The van der Waals surface area contributed by atoms with E-state index in [2.05, 4.69) is 17.0 Å². The van der Waals surface area contributed by atoms with Crippen LogP contribution in [0, 0.1) is 0 Å². The van der Waals surface area contributed by atoms with Crippen LogP contribution in [0.25, 0.3) is 0 Å². The van der Waals surface area contributed by atoms with Gasteiger partial charge in [-0.2, -0.15) is 0 Å². The Morgan fingerprint density at radius 1 is 1.20 bits per heavy atom. The van der Waals surface area contributed by atoms with Crippen LogP contribution in [0.2, 0.25) is 0 Å². The van der Waals surface area contributed by atoms with Crippen LogP contribution in [0.15, 0.2) is 23.1 Å². The lowest BCUT2D eigenvalue weighted by Crippen LogP contribution is -2.28. The molecule has 0 unspecified atom stereocenters. The van der Waals surface area contributed by atoms with E-state index in [-0.39, 0.29) is 16.5 Å². The van der Waals surface area contributed by atoms with E-state index >= 15 is 0 Å². The van der Waals surface area contributed by atoms with Crippen molar-refractivity contribution in [3.63, 3.8) is 0 Å². The van der Waals surface area contributed by atoms with Crippen LogP contribution in [0.3, 0.4) is 0 Å². The summed E-state index contributed by atoms with van der Waals surface area (Å²) in [7, 11) is -3.75. The van der Waals surface area contributed by atoms with Gasteiger partial charge in [-0.3, -0.25) is 0 Å². The summed E-state index contributed by atoms with van der Waals surface area (Å²) in [5.41, 5.74) is 0.461. The van der Waals surface area contributed by atoms with Crippen LogP contribution in [-0.4, -0.2) is 32.1 Å². The molecule has 7 heteroatoms. The van der Waals surface area contributed by atoms with Crippen LogP contribution in [0.4, 0.5) is 5.69 Å². The number of rotatable bonds is 9. The largest absolute Gasteiger partial charge is 0.478 e. The van der Waals surface area contributed by atoms with Gasteiger partial charge in [-0.1, -0.05) is 39.0 Å². The SMILES string of the molecule is CCCCCNS(=O)(=O)c1cc(C(=O)O)ccc1NC1CCCCC1. The van der Waals surface area contributed by atoms with E-state index in [0.717, 1.165) is 44.9 Å². The standard InChI is InChI=1S/C18H28N2O4S/c1-2-3-7-12-19-25(23,24)17-13-14(18(21)22)10-11-16(17)20-15-8-5-4-6-9-15/h10-11,13,15,19-20H,2-9,12H2,1H3,(H,21,22). The predicted molar refractivity (Wildman–Crippen MR) is 98.6 cm³/mol. The third-order valence-electron chi connectivity index (χ3n) is 4.56. The van der Waals surface area contributed by atoms with Crippen molar-refractivity contribution in [3.8, 4) is 0 Å². The lowest BCUT2D eigenvalue weighted by molar-refractivity contribution is 0.0696. The van der Waals surface area contributed by atoms with Crippen molar-refractivity contribution in [3.05, 3.63) is 23.8 Å². The molecule has 2 rings (SSSR count). The minimum absolute atomic E-state index is 0.0227. The molecule has 25 heavy (non-hydrogen) atoms. The minimum Gasteiger partial charge on any atom is -0.478 e. The average molecular weight is 368 g/mol.